The Hall–Kier alpha value is -2.66. The van der Waals surface area contributed by atoms with Gasteiger partial charge in [0.15, 0.2) is 0 Å². The average Bonchev–Trinajstić information content (AvgIpc) is 2.76. The molecule has 0 saturated heterocycles. The van der Waals surface area contributed by atoms with Crippen LogP contribution in [0, 0.1) is 22.7 Å². The quantitative estimate of drug-likeness (QED) is 0.481. The van der Waals surface area contributed by atoms with Gasteiger partial charge in [-0.05, 0) is 46.5 Å². The fraction of sp³-hybridized carbons (Fsp3) is 0. The number of anilines is 2. The molecule has 0 aromatic heterocycles. The van der Waals surface area contributed by atoms with Gasteiger partial charge >= 0.3 is 0 Å². The van der Waals surface area contributed by atoms with Crippen LogP contribution in [0.5, 0.6) is 0 Å². The summed E-state index contributed by atoms with van der Waals surface area (Å²) in [6, 6.07) is 10.6. The molecule has 0 fully saturated rings. The van der Waals surface area contributed by atoms with E-state index in [0.29, 0.717) is 38.1 Å². The maximum absolute atomic E-state index is 9.24. The number of fused-ring (bicyclic) bond motifs is 3. The average molecular weight is 327 g/mol. The van der Waals surface area contributed by atoms with Gasteiger partial charge in [0.2, 0.25) is 0 Å². The van der Waals surface area contributed by atoms with Gasteiger partial charge < -0.3 is 11.5 Å². The van der Waals surface area contributed by atoms with Crippen molar-refractivity contribution < 1.29 is 0 Å². The summed E-state index contributed by atoms with van der Waals surface area (Å²) in [5.74, 6) is 0. The normalized spacial score (nSPS) is 11.4. The van der Waals surface area contributed by atoms with Crippen LogP contribution in [-0.4, -0.2) is 0 Å². The lowest BCUT2D eigenvalue weighted by Crippen LogP contribution is -1.92. The number of nitrogens with zero attached hydrogens (tertiary/aromatic N) is 2. The van der Waals surface area contributed by atoms with E-state index in [0.717, 1.165) is 11.1 Å². The molecule has 2 aromatic carbocycles. The van der Waals surface area contributed by atoms with Gasteiger partial charge in [0, 0.05) is 5.57 Å². The van der Waals surface area contributed by atoms with Gasteiger partial charge in [-0.3, -0.25) is 0 Å². The number of nitriles is 2. The van der Waals surface area contributed by atoms with Crippen LogP contribution >= 0.6 is 23.2 Å². The number of nitrogen functional groups attached to an aromatic ring is 2. The Morgan fingerprint density at radius 1 is 0.773 bits per heavy atom. The molecule has 106 valence electrons. The van der Waals surface area contributed by atoms with Gasteiger partial charge in [0.25, 0.3) is 0 Å². The predicted molar refractivity (Wildman–Crippen MR) is 88.0 cm³/mol. The van der Waals surface area contributed by atoms with E-state index in [1.807, 2.05) is 12.1 Å². The minimum absolute atomic E-state index is 0.0107. The smallest absolute Gasteiger partial charge is 0.138 e. The van der Waals surface area contributed by atoms with Crippen LogP contribution in [0.3, 0.4) is 0 Å². The molecule has 3 rings (SSSR count). The number of hydrogen-bond acceptors (Lipinski definition) is 4. The second-order valence-corrected chi connectivity index (χ2v) is 5.63. The predicted octanol–water partition coefficient (Wildman–Crippen LogP) is 3.99. The molecule has 0 aliphatic heterocycles. The van der Waals surface area contributed by atoms with Crippen molar-refractivity contribution in [3.8, 4) is 23.3 Å². The minimum atomic E-state index is -0.0107. The van der Waals surface area contributed by atoms with E-state index in [1.165, 1.54) is 0 Å². The van der Waals surface area contributed by atoms with E-state index in [-0.39, 0.29) is 5.57 Å². The highest BCUT2D eigenvalue weighted by Gasteiger charge is 2.28. The largest absolute Gasteiger partial charge is 0.398 e. The Morgan fingerprint density at radius 3 is 1.55 bits per heavy atom. The molecule has 0 atom stereocenters. The summed E-state index contributed by atoms with van der Waals surface area (Å²) >= 11 is 12.2. The van der Waals surface area contributed by atoms with E-state index in [2.05, 4.69) is 0 Å². The zero-order valence-corrected chi connectivity index (χ0v) is 12.6. The molecule has 2 aromatic rings. The number of hydrogen-bond donors (Lipinski definition) is 2. The molecule has 0 bridgehead atoms. The highest BCUT2D eigenvalue weighted by atomic mass is 35.5. The lowest BCUT2D eigenvalue weighted by molar-refractivity contribution is 1.46. The standard InChI is InChI=1S/C16H8Cl2N4/c17-12-1-8-9-2-13(18)15(22)4-11(9)16(7(5-19)6-20)10(8)3-14(12)21/h1-4H,21-22H2. The van der Waals surface area contributed by atoms with Crippen LogP contribution in [0.1, 0.15) is 11.1 Å². The van der Waals surface area contributed by atoms with Crippen LogP contribution < -0.4 is 11.5 Å². The molecule has 1 aliphatic carbocycles. The number of benzene rings is 2. The third-order valence-electron chi connectivity index (χ3n) is 3.58. The molecule has 0 unspecified atom stereocenters. The van der Waals surface area contributed by atoms with Gasteiger partial charge in [-0.25, -0.2) is 0 Å². The summed E-state index contributed by atoms with van der Waals surface area (Å²) in [6.07, 6.45) is 0. The first-order chi connectivity index (χ1) is 10.5. The summed E-state index contributed by atoms with van der Waals surface area (Å²) in [5, 5.41) is 19.3. The second kappa shape index (κ2) is 4.96. The van der Waals surface area contributed by atoms with Gasteiger partial charge in [0.05, 0.1) is 21.4 Å². The molecular formula is C16H8Cl2N4. The summed E-state index contributed by atoms with van der Waals surface area (Å²) < 4.78 is 0. The fourth-order valence-corrected chi connectivity index (χ4v) is 2.92. The monoisotopic (exact) mass is 326 g/mol. The molecular weight excluding hydrogens is 319 g/mol. The van der Waals surface area contributed by atoms with E-state index >= 15 is 0 Å². The Kier molecular flexibility index (Phi) is 3.22. The zero-order chi connectivity index (χ0) is 16.0. The summed E-state index contributed by atoms with van der Waals surface area (Å²) in [6.45, 7) is 0. The first kappa shape index (κ1) is 14.3. The molecule has 0 saturated carbocycles. The number of rotatable bonds is 0. The highest BCUT2D eigenvalue weighted by molar-refractivity contribution is 6.35. The summed E-state index contributed by atoms with van der Waals surface area (Å²) in [7, 11) is 0. The molecule has 0 radical (unpaired) electrons. The molecule has 0 amide bonds. The molecule has 4 nitrogen and oxygen atoms in total. The van der Waals surface area contributed by atoms with Gasteiger partial charge in [-0.15, -0.1) is 0 Å². The minimum Gasteiger partial charge on any atom is -0.398 e. The SMILES string of the molecule is N#CC(C#N)=C1c2cc(N)c(Cl)cc2-c2cc(Cl)c(N)cc21. The number of nitrogens with two attached hydrogens (primary N) is 2. The third-order valence-corrected chi connectivity index (χ3v) is 4.23. The van der Waals surface area contributed by atoms with Crippen molar-refractivity contribution in [1.82, 2.24) is 0 Å². The van der Waals surface area contributed by atoms with Crippen LogP contribution in [0.25, 0.3) is 16.7 Å². The van der Waals surface area contributed by atoms with Crippen molar-refractivity contribution in [2.24, 2.45) is 0 Å². The third kappa shape index (κ3) is 1.90. The highest BCUT2D eigenvalue weighted by Crippen LogP contribution is 2.49. The van der Waals surface area contributed by atoms with Crippen molar-refractivity contribution >= 4 is 40.1 Å². The van der Waals surface area contributed by atoms with E-state index in [1.54, 1.807) is 24.3 Å². The Morgan fingerprint density at radius 2 is 1.18 bits per heavy atom. The second-order valence-electron chi connectivity index (χ2n) is 4.81. The summed E-state index contributed by atoms with van der Waals surface area (Å²) in [4.78, 5) is 0. The van der Waals surface area contributed by atoms with Crippen LogP contribution in [0.15, 0.2) is 29.8 Å². The van der Waals surface area contributed by atoms with Crippen molar-refractivity contribution in [2.45, 2.75) is 0 Å². The first-order valence-corrected chi connectivity index (χ1v) is 6.97. The van der Waals surface area contributed by atoms with E-state index in [9.17, 15) is 10.5 Å². The van der Waals surface area contributed by atoms with Crippen LogP contribution in [0.2, 0.25) is 10.0 Å². The van der Waals surface area contributed by atoms with Crippen LogP contribution in [0.4, 0.5) is 11.4 Å². The molecule has 4 N–H and O–H groups in total. The number of halogens is 2. The molecule has 0 heterocycles. The fourth-order valence-electron chi connectivity index (χ4n) is 2.59. The molecule has 22 heavy (non-hydrogen) atoms. The maximum Gasteiger partial charge on any atom is 0.138 e. The van der Waals surface area contributed by atoms with Gasteiger partial charge in [-0.1, -0.05) is 23.2 Å². The zero-order valence-electron chi connectivity index (χ0n) is 11.1. The van der Waals surface area contributed by atoms with Crippen molar-refractivity contribution in [2.75, 3.05) is 11.5 Å². The first-order valence-electron chi connectivity index (χ1n) is 6.21. The Bertz CT molecular complexity index is 871. The lowest BCUT2D eigenvalue weighted by Gasteiger charge is -2.05. The Balaban J connectivity index is 2.50. The summed E-state index contributed by atoms with van der Waals surface area (Å²) in [5.41, 5.74) is 15.9. The van der Waals surface area contributed by atoms with E-state index in [4.69, 9.17) is 34.7 Å². The maximum atomic E-state index is 9.24. The Labute approximate surface area is 136 Å². The topological polar surface area (TPSA) is 99.6 Å². The van der Waals surface area contributed by atoms with Crippen molar-refractivity contribution in [3.63, 3.8) is 0 Å². The van der Waals surface area contributed by atoms with Crippen molar-refractivity contribution in [1.29, 1.82) is 10.5 Å². The molecule has 0 spiro atoms. The van der Waals surface area contributed by atoms with Gasteiger partial charge in [-0.2, -0.15) is 10.5 Å². The van der Waals surface area contributed by atoms with E-state index < -0.39 is 0 Å². The number of allylic oxidation sites excluding steroid dienone is 1. The molecule has 6 heteroatoms. The van der Waals surface area contributed by atoms with Crippen molar-refractivity contribution in [3.05, 3.63) is 51.0 Å². The molecule has 1 aliphatic rings. The van der Waals surface area contributed by atoms with Crippen LogP contribution in [-0.2, 0) is 0 Å². The lowest BCUT2D eigenvalue weighted by atomic mass is 9.98. The van der Waals surface area contributed by atoms with Gasteiger partial charge in [0.1, 0.15) is 17.7 Å².